The molecule has 0 aromatic carbocycles. The van der Waals surface area contributed by atoms with Crippen LogP contribution in [0, 0.1) is 0 Å². The fourth-order valence-corrected chi connectivity index (χ4v) is 2.02. The maximum absolute atomic E-state index is 13.2. The molecular formula is C14H15F3N6O. The van der Waals surface area contributed by atoms with Gasteiger partial charge in [-0.25, -0.2) is 9.67 Å². The molecule has 0 bridgehead atoms. The van der Waals surface area contributed by atoms with Gasteiger partial charge in [-0.3, -0.25) is 4.79 Å². The van der Waals surface area contributed by atoms with Gasteiger partial charge in [-0.15, -0.1) is 0 Å². The lowest BCUT2D eigenvalue weighted by molar-refractivity contribution is -0.137. The lowest BCUT2D eigenvalue weighted by atomic mass is 10.3. The van der Waals surface area contributed by atoms with Crippen LogP contribution < -0.4 is 16.2 Å². The van der Waals surface area contributed by atoms with Crippen LogP contribution in [0.15, 0.2) is 23.1 Å². The fraction of sp³-hybridized carbons (Fsp3) is 0.429. The summed E-state index contributed by atoms with van der Waals surface area (Å²) < 4.78 is 40.5. The summed E-state index contributed by atoms with van der Waals surface area (Å²) in [5.41, 5.74) is -1.56. The second-order valence-electron chi connectivity index (χ2n) is 5.94. The van der Waals surface area contributed by atoms with Gasteiger partial charge in [-0.2, -0.15) is 23.3 Å². The van der Waals surface area contributed by atoms with E-state index < -0.39 is 17.6 Å². The van der Waals surface area contributed by atoms with E-state index in [1.54, 1.807) is 0 Å². The van der Waals surface area contributed by atoms with E-state index in [9.17, 15) is 18.0 Å². The Morgan fingerprint density at radius 3 is 2.58 bits per heavy atom. The molecule has 2 N–H and O–H groups in total. The molecule has 1 aliphatic rings. The van der Waals surface area contributed by atoms with E-state index >= 15 is 0 Å². The molecule has 1 fully saturated rings. The number of alkyl halides is 3. The summed E-state index contributed by atoms with van der Waals surface area (Å²) in [5, 5.41) is 9.38. The van der Waals surface area contributed by atoms with E-state index in [1.807, 2.05) is 6.92 Å². The van der Waals surface area contributed by atoms with E-state index in [0.29, 0.717) is 0 Å². The Labute approximate surface area is 134 Å². The van der Waals surface area contributed by atoms with Crippen molar-refractivity contribution in [2.75, 3.05) is 10.6 Å². The number of hydrogen-bond acceptors (Lipinski definition) is 6. The third kappa shape index (κ3) is 3.47. The molecule has 1 saturated carbocycles. The first-order chi connectivity index (χ1) is 11.2. The van der Waals surface area contributed by atoms with E-state index in [1.165, 1.54) is 19.2 Å². The Morgan fingerprint density at radius 1 is 1.29 bits per heavy atom. The second kappa shape index (κ2) is 5.46. The predicted molar refractivity (Wildman–Crippen MR) is 81.1 cm³/mol. The SMILES string of the molecule is Cn1nc(Nc2nc(NC3(C)CC3)ncc2C(F)(F)F)ccc1=O. The summed E-state index contributed by atoms with van der Waals surface area (Å²) in [6.45, 7) is 1.94. The van der Waals surface area contributed by atoms with Gasteiger partial charge in [0, 0.05) is 24.8 Å². The van der Waals surface area contributed by atoms with E-state index in [0.717, 1.165) is 23.7 Å². The molecule has 2 aromatic rings. The number of aromatic nitrogens is 4. The minimum absolute atomic E-state index is 0.0740. The zero-order valence-electron chi connectivity index (χ0n) is 13.0. The monoisotopic (exact) mass is 340 g/mol. The Bertz CT molecular complexity index is 828. The molecule has 24 heavy (non-hydrogen) atoms. The first kappa shape index (κ1) is 16.2. The lowest BCUT2D eigenvalue weighted by Crippen LogP contribution is -2.21. The highest BCUT2D eigenvalue weighted by atomic mass is 19.4. The standard InChI is InChI=1S/C14H15F3N6O/c1-13(5-6-13)21-12-18-7-8(14(15,16)17)11(20-12)19-9-3-4-10(24)23(2)22-9/h3-4,7H,5-6H2,1-2H3,(H2,18,19,20,21,22). The number of nitrogens with zero attached hydrogens (tertiary/aromatic N) is 4. The first-order valence-corrected chi connectivity index (χ1v) is 7.20. The fourth-order valence-electron chi connectivity index (χ4n) is 2.02. The third-order valence-electron chi connectivity index (χ3n) is 3.71. The van der Waals surface area contributed by atoms with Crippen LogP contribution >= 0.6 is 0 Å². The third-order valence-corrected chi connectivity index (χ3v) is 3.71. The average molecular weight is 340 g/mol. The summed E-state index contributed by atoms with van der Waals surface area (Å²) in [6, 6.07) is 2.49. The summed E-state index contributed by atoms with van der Waals surface area (Å²) in [5.74, 6) is -0.240. The van der Waals surface area contributed by atoms with Gasteiger partial charge >= 0.3 is 6.18 Å². The van der Waals surface area contributed by atoms with Crippen LogP contribution in [0.4, 0.5) is 30.8 Å². The highest BCUT2D eigenvalue weighted by Crippen LogP contribution is 2.39. The highest BCUT2D eigenvalue weighted by molar-refractivity contribution is 5.58. The van der Waals surface area contributed by atoms with Crippen LogP contribution in [-0.2, 0) is 13.2 Å². The van der Waals surface area contributed by atoms with Crippen molar-refractivity contribution in [3.63, 3.8) is 0 Å². The summed E-state index contributed by atoms with van der Waals surface area (Å²) in [6.07, 6.45) is -2.08. The summed E-state index contributed by atoms with van der Waals surface area (Å²) >= 11 is 0. The molecule has 0 atom stereocenters. The maximum atomic E-state index is 13.2. The maximum Gasteiger partial charge on any atom is 0.421 e. The number of aryl methyl sites for hydroxylation is 1. The minimum Gasteiger partial charge on any atom is -0.349 e. The number of anilines is 3. The number of hydrogen-bond donors (Lipinski definition) is 2. The molecule has 7 nitrogen and oxygen atoms in total. The van der Waals surface area contributed by atoms with E-state index in [-0.39, 0.29) is 22.9 Å². The second-order valence-corrected chi connectivity index (χ2v) is 5.94. The van der Waals surface area contributed by atoms with Crippen molar-refractivity contribution >= 4 is 17.6 Å². The van der Waals surface area contributed by atoms with Crippen molar-refractivity contribution in [3.8, 4) is 0 Å². The Hall–Kier alpha value is -2.65. The molecule has 1 aliphatic carbocycles. The quantitative estimate of drug-likeness (QED) is 0.888. The van der Waals surface area contributed by atoms with Crippen LogP contribution in [0.1, 0.15) is 25.3 Å². The molecular weight excluding hydrogens is 325 g/mol. The van der Waals surface area contributed by atoms with Gasteiger partial charge in [0.2, 0.25) is 5.95 Å². The van der Waals surface area contributed by atoms with Crippen molar-refractivity contribution < 1.29 is 13.2 Å². The lowest BCUT2D eigenvalue weighted by Gasteiger charge is -2.16. The molecule has 0 saturated heterocycles. The molecule has 0 unspecified atom stereocenters. The molecule has 0 spiro atoms. The zero-order chi connectivity index (χ0) is 17.5. The van der Waals surface area contributed by atoms with Gasteiger partial charge < -0.3 is 10.6 Å². The number of nitrogens with one attached hydrogen (secondary N) is 2. The molecule has 3 rings (SSSR count). The van der Waals surface area contributed by atoms with Crippen molar-refractivity contribution in [2.24, 2.45) is 7.05 Å². The van der Waals surface area contributed by atoms with Crippen LogP contribution in [0.25, 0.3) is 0 Å². The first-order valence-electron chi connectivity index (χ1n) is 7.20. The van der Waals surface area contributed by atoms with E-state index in [2.05, 4.69) is 25.7 Å². The summed E-state index contributed by atoms with van der Waals surface area (Å²) in [7, 11) is 1.40. The van der Waals surface area contributed by atoms with Gasteiger partial charge in [0.15, 0.2) is 5.82 Å². The van der Waals surface area contributed by atoms with Crippen LogP contribution in [0.5, 0.6) is 0 Å². The van der Waals surface area contributed by atoms with E-state index in [4.69, 9.17) is 0 Å². The molecule has 0 radical (unpaired) electrons. The summed E-state index contributed by atoms with van der Waals surface area (Å²) in [4.78, 5) is 19.0. The van der Waals surface area contributed by atoms with Gasteiger partial charge in [-0.1, -0.05) is 0 Å². The molecule has 10 heteroatoms. The van der Waals surface area contributed by atoms with Crippen LogP contribution in [0.2, 0.25) is 0 Å². The van der Waals surface area contributed by atoms with Crippen molar-refractivity contribution in [3.05, 3.63) is 34.2 Å². The Morgan fingerprint density at radius 2 is 2.00 bits per heavy atom. The molecule has 2 aromatic heterocycles. The number of rotatable bonds is 4. The minimum atomic E-state index is -4.62. The topological polar surface area (TPSA) is 84.7 Å². The number of halogens is 3. The normalized spacial score (nSPS) is 15.9. The Kier molecular flexibility index (Phi) is 3.69. The molecule has 0 aliphatic heterocycles. The molecule has 2 heterocycles. The smallest absolute Gasteiger partial charge is 0.349 e. The predicted octanol–water partition coefficient (Wildman–Crippen LogP) is 2.30. The molecule has 128 valence electrons. The molecule has 0 amide bonds. The average Bonchev–Trinajstić information content (AvgIpc) is 3.19. The van der Waals surface area contributed by atoms with Crippen LogP contribution in [0.3, 0.4) is 0 Å². The van der Waals surface area contributed by atoms with Gasteiger partial charge in [-0.05, 0) is 25.8 Å². The van der Waals surface area contributed by atoms with Gasteiger partial charge in [0.05, 0.1) is 0 Å². The van der Waals surface area contributed by atoms with Crippen LogP contribution in [-0.4, -0.2) is 25.3 Å². The zero-order valence-corrected chi connectivity index (χ0v) is 13.0. The van der Waals surface area contributed by atoms with Crippen molar-refractivity contribution in [1.29, 1.82) is 0 Å². The van der Waals surface area contributed by atoms with Gasteiger partial charge in [0.25, 0.3) is 5.56 Å². The van der Waals surface area contributed by atoms with Crippen molar-refractivity contribution in [1.82, 2.24) is 19.7 Å². The van der Waals surface area contributed by atoms with Crippen molar-refractivity contribution in [2.45, 2.75) is 31.5 Å². The Balaban J connectivity index is 1.96. The largest absolute Gasteiger partial charge is 0.421 e. The highest BCUT2D eigenvalue weighted by Gasteiger charge is 2.39. The van der Waals surface area contributed by atoms with Gasteiger partial charge in [0.1, 0.15) is 11.4 Å².